The van der Waals surface area contributed by atoms with Gasteiger partial charge in [0.15, 0.2) is 5.96 Å². The van der Waals surface area contributed by atoms with Crippen molar-refractivity contribution in [2.45, 2.75) is 39.0 Å². The number of ether oxygens (including phenoxy) is 1. The van der Waals surface area contributed by atoms with Crippen LogP contribution in [0.5, 0.6) is 0 Å². The second-order valence-corrected chi connectivity index (χ2v) is 7.39. The normalized spacial score (nSPS) is 18.0. The molecule has 0 bridgehead atoms. The Morgan fingerprint density at radius 2 is 2.00 bits per heavy atom. The Balaban J connectivity index is 1.53. The molecule has 0 spiro atoms. The summed E-state index contributed by atoms with van der Waals surface area (Å²) in [6.45, 7) is 9.34. The molecule has 1 saturated heterocycles. The lowest BCUT2D eigenvalue weighted by Gasteiger charge is -2.17. The van der Waals surface area contributed by atoms with Gasteiger partial charge in [-0.3, -0.25) is 4.99 Å². The number of hydrogen-bond acceptors (Lipinski definition) is 3. The third-order valence-corrected chi connectivity index (χ3v) is 5.11. The Hall–Kier alpha value is -1.59. The van der Waals surface area contributed by atoms with Crippen LogP contribution >= 0.6 is 0 Å². The van der Waals surface area contributed by atoms with E-state index in [1.807, 2.05) is 7.05 Å². The monoisotopic (exact) mass is 374 g/mol. The highest BCUT2D eigenvalue weighted by molar-refractivity contribution is 5.79. The van der Waals surface area contributed by atoms with E-state index in [1.54, 1.807) is 0 Å². The maximum absolute atomic E-state index is 5.59. The standard InChI is InChI=1S/C22H38N4O/c1-3-4-16-27-17-8-13-24-22(23-2)25-18-21-12-15-26(19-21)14-11-20-9-6-5-7-10-20/h5-7,9-10,21H,3-4,8,11-19H2,1-2H3,(H2,23,24,25). The molecule has 152 valence electrons. The highest BCUT2D eigenvalue weighted by Gasteiger charge is 2.22. The molecule has 1 aromatic carbocycles. The Morgan fingerprint density at radius 3 is 2.78 bits per heavy atom. The zero-order valence-corrected chi connectivity index (χ0v) is 17.3. The lowest BCUT2D eigenvalue weighted by molar-refractivity contribution is 0.129. The molecule has 1 atom stereocenters. The largest absolute Gasteiger partial charge is 0.381 e. The molecule has 0 aromatic heterocycles. The molecule has 1 aromatic rings. The molecule has 1 aliphatic rings. The van der Waals surface area contributed by atoms with Gasteiger partial charge < -0.3 is 20.3 Å². The number of nitrogens with one attached hydrogen (secondary N) is 2. The zero-order chi connectivity index (χ0) is 19.2. The molecule has 0 aliphatic carbocycles. The molecule has 5 heteroatoms. The third kappa shape index (κ3) is 9.25. The molecule has 27 heavy (non-hydrogen) atoms. The second-order valence-electron chi connectivity index (χ2n) is 7.39. The quantitative estimate of drug-likeness (QED) is 0.336. The molecule has 0 radical (unpaired) electrons. The Bertz CT molecular complexity index is 520. The summed E-state index contributed by atoms with van der Waals surface area (Å²) in [4.78, 5) is 6.92. The highest BCUT2D eigenvalue weighted by Crippen LogP contribution is 2.15. The van der Waals surface area contributed by atoms with Gasteiger partial charge in [0.1, 0.15) is 0 Å². The summed E-state index contributed by atoms with van der Waals surface area (Å²) >= 11 is 0. The van der Waals surface area contributed by atoms with Gasteiger partial charge in [0, 0.05) is 46.4 Å². The van der Waals surface area contributed by atoms with Gasteiger partial charge >= 0.3 is 0 Å². The molecule has 5 nitrogen and oxygen atoms in total. The average Bonchev–Trinajstić information content (AvgIpc) is 3.16. The molecule has 0 amide bonds. The predicted octanol–water partition coefficient (Wildman–Crippen LogP) is 2.92. The first-order chi connectivity index (χ1) is 13.3. The number of hydrogen-bond donors (Lipinski definition) is 2. The Labute approximate surface area is 165 Å². The predicted molar refractivity (Wildman–Crippen MR) is 114 cm³/mol. The fourth-order valence-corrected chi connectivity index (χ4v) is 3.41. The Kier molecular flexibility index (Phi) is 10.9. The lowest BCUT2D eigenvalue weighted by atomic mass is 10.1. The van der Waals surface area contributed by atoms with Crippen molar-refractivity contribution < 1.29 is 4.74 Å². The van der Waals surface area contributed by atoms with E-state index >= 15 is 0 Å². The van der Waals surface area contributed by atoms with Crippen molar-refractivity contribution in [2.75, 3.05) is 53.0 Å². The van der Waals surface area contributed by atoms with Gasteiger partial charge in [-0.2, -0.15) is 0 Å². The first kappa shape index (κ1) is 21.7. The van der Waals surface area contributed by atoms with Crippen LogP contribution in [0, 0.1) is 5.92 Å². The van der Waals surface area contributed by atoms with E-state index in [9.17, 15) is 0 Å². The van der Waals surface area contributed by atoms with E-state index in [1.165, 1.54) is 31.5 Å². The van der Waals surface area contributed by atoms with Gasteiger partial charge in [-0.05, 0) is 43.7 Å². The summed E-state index contributed by atoms with van der Waals surface area (Å²) in [5.41, 5.74) is 1.43. The molecular weight excluding hydrogens is 336 g/mol. The van der Waals surface area contributed by atoms with Gasteiger partial charge in [0.05, 0.1) is 0 Å². The van der Waals surface area contributed by atoms with E-state index in [0.717, 1.165) is 58.1 Å². The van der Waals surface area contributed by atoms with Crippen molar-refractivity contribution in [3.05, 3.63) is 35.9 Å². The minimum atomic E-state index is 0.705. The number of rotatable bonds is 12. The van der Waals surface area contributed by atoms with Crippen LogP contribution in [0.1, 0.15) is 38.2 Å². The molecule has 1 heterocycles. The summed E-state index contributed by atoms with van der Waals surface area (Å²) in [6, 6.07) is 10.8. The first-order valence-corrected chi connectivity index (χ1v) is 10.6. The van der Waals surface area contributed by atoms with Gasteiger partial charge in [0.2, 0.25) is 0 Å². The van der Waals surface area contributed by atoms with Crippen LogP contribution in [-0.2, 0) is 11.2 Å². The second kappa shape index (κ2) is 13.6. The topological polar surface area (TPSA) is 48.9 Å². The summed E-state index contributed by atoms with van der Waals surface area (Å²) in [6.07, 6.45) is 5.77. The SMILES string of the molecule is CCCCOCCCNC(=NC)NCC1CCN(CCc2ccccc2)C1. The minimum Gasteiger partial charge on any atom is -0.381 e. The summed E-state index contributed by atoms with van der Waals surface area (Å²) in [5.74, 6) is 1.61. The number of unbranched alkanes of at least 4 members (excludes halogenated alkanes) is 1. The van der Waals surface area contributed by atoms with Gasteiger partial charge in [0.25, 0.3) is 0 Å². The first-order valence-electron chi connectivity index (χ1n) is 10.6. The van der Waals surface area contributed by atoms with E-state index in [2.05, 4.69) is 57.8 Å². The van der Waals surface area contributed by atoms with Gasteiger partial charge in [-0.15, -0.1) is 0 Å². The van der Waals surface area contributed by atoms with Crippen molar-refractivity contribution in [2.24, 2.45) is 10.9 Å². The minimum absolute atomic E-state index is 0.705. The van der Waals surface area contributed by atoms with Crippen molar-refractivity contribution in [3.8, 4) is 0 Å². The molecule has 1 unspecified atom stereocenters. The summed E-state index contributed by atoms with van der Waals surface area (Å²) in [7, 11) is 1.84. The van der Waals surface area contributed by atoms with E-state index in [4.69, 9.17) is 4.74 Å². The van der Waals surface area contributed by atoms with Crippen molar-refractivity contribution in [1.82, 2.24) is 15.5 Å². The van der Waals surface area contributed by atoms with Crippen LogP contribution in [0.15, 0.2) is 35.3 Å². The Morgan fingerprint density at radius 1 is 1.19 bits per heavy atom. The summed E-state index contributed by atoms with van der Waals surface area (Å²) in [5, 5.41) is 6.88. The van der Waals surface area contributed by atoms with Crippen LogP contribution in [-0.4, -0.2) is 63.8 Å². The van der Waals surface area contributed by atoms with Gasteiger partial charge in [-0.25, -0.2) is 0 Å². The molecule has 1 fully saturated rings. The third-order valence-electron chi connectivity index (χ3n) is 5.11. The number of aliphatic imine (C=N–C) groups is 1. The van der Waals surface area contributed by atoms with E-state index in [0.29, 0.717) is 5.92 Å². The highest BCUT2D eigenvalue weighted by atomic mass is 16.5. The molecule has 1 aliphatic heterocycles. The molecule has 2 N–H and O–H groups in total. The number of nitrogens with zero attached hydrogens (tertiary/aromatic N) is 2. The smallest absolute Gasteiger partial charge is 0.190 e. The zero-order valence-electron chi connectivity index (χ0n) is 17.3. The maximum atomic E-state index is 5.59. The van der Waals surface area contributed by atoms with Crippen molar-refractivity contribution >= 4 is 5.96 Å². The maximum Gasteiger partial charge on any atom is 0.190 e. The number of likely N-dealkylation sites (tertiary alicyclic amines) is 1. The fraction of sp³-hybridized carbons (Fsp3) is 0.682. The van der Waals surface area contributed by atoms with E-state index in [-0.39, 0.29) is 0 Å². The summed E-state index contributed by atoms with van der Waals surface area (Å²) < 4.78 is 5.59. The molecule has 0 saturated carbocycles. The van der Waals surface area contributed by atoms with Gasteiger partial charge in [-0.1, -0.05) is 43.7 Å². The fourth-order valence-electron chi connectivity index (χ4n) is 3.41. The van der Waals surface area contributed by atoms with Crippen LogP contribution < -0.4 is 10.6 Å². The average molecular weight is 375 g/mol. The van der Waals surface area contributed by atoms with Crippen LogP contribution in [0.25, 0.3) is 0 Å². The van der Waals surface area contributed by atoms with E-state index < -0.39 is 0 Å². The van der Waals surface area contributed by atoms with Crippen LogP contribution in [0.4, 0.5) is 0 Å². The van der Waals surface area contributed by atoms with Crippen LogP contribution in [0.2, 0.25) is 0 Å². The molecular formula is C22H38N4O. The van der Waals surface area contributed by atoms with Crippen LogP contribution in [0.3, 0.4) is 0 Å². The number of benzene rings is 1. The lowest BCUT2D eigenvalue weighted by Crippen LogP contribution is -2.40. The van der Waals surface area contributed by atoms with Crippen molar-refractivity contribution in [1.29, 1.82) is 0 Å². The molecule has 2 rings (SSSR count). The number of guanidine groups is 1. The van der Waals surface area contributed by atoms with Crippen molar-refractivity contribution in [3.63, 3.8) is 0 Å².